The molecule has 3 rings (SSSR count). The van der Waals surface area contributed by atoms with Gasteiger partial charge in [0.2, 0.25) is 0 Å². The minimum Gasteiger partial charge on any atom is -0.467 e. The van der Waals surface area contributed by atoms with Crippen LogP contribution in [-0.4, -0.2) is 55.5 Å². The predicted molar refractivity (Wildman–Crippen MR) is 104 cm³/mol. The molecule has 1 aliphatic rings. The Kier molecular flexibility index (Phi) is 6.63. The zero-order valence-corrected chi connectivity index (χ0v) is 16.7. The van der Waals surface area contributed by atoms with Gasteiger partial charge in [-0.05, 0) is 43.7 Å². The molecule has 0 aliphatic carbocycles. The second kappa shape index (κ2) is 9.36. The number of carbonyl (C=O) groups excluding carboxylic acids is 4. The summed E-state index contributed by atoms with van der Waals surface area (Å²) in [5, 5.41) is 2.65. The van der Waals surface area contributed by atoms with Crippen molar-refractivity contribution in [2.45, 2.75) is 19.4 Å². The van der Waals surface area contributed by atoms with E-state index in [0.717, 1.165) is 4.90 Å². The lowest BCUT2D eigenvalue weighted by Crippen LogP contribution is -2.31. The van der Waals surface area contributed by atoms with Crippen molar-refractivity contribution in [3.63, 3.8) is 0 Å². The fourth-order valence-corrected chi connectivity index (χ4v) is 3.09. The van der Waals surface area contributed by atoms with Gasteiger partial charge in [-0.3, -0.25) is 19.3 Å². The Balaban J connectivity index is 1.58. The number of hydrogen-bond donors (Lipinski definition) is 1. The quantitative estimate of drug-likeness (QED) is 0.379. The summed E-state index contributed by atoms with van der Waals surface area (Å²) in [6.45, 7) is 1.90. The number of imide groups is 1. The van der Waals surface area contributed by atoms with Crippen LogP contribution in [0.5, 0.6) is 0 Å². The van der Waals surface area contributed by atoms with Gasteiger partial charge < -0.3 is 19.2 Å². The maximum atomic E-state index is 12.5. The van der Waals surface area contributed by atoms with Crippen molar-refractivity contribution in [2.75, 3.05) is 26.9 Å². The van der Waals surface area contributed by atoms with Crippen molar-refractivity contribution in [1.82, 2.24) is 10.2 Å². The van der Waals surface area contributed by atoms with Crippen molar-refractivity contribution in [2.24, 2.45) is 0 Å². The molecule has 0 spiro atoms. The summed E-state index contributed by atoms with van der Waals surface area (Å²) in [4.78, 5) is 50.3. The van der Waals surface area contributed by atoms with Gasteiger partial charge in [0, 0.05) is 20.3 Å². The summed E-state index contributed by atoms with van der Waals surface area (Å²) in [6.07, 6.45) is 2.01. The molecule has 2 heterocycles. The largest absolute Gasteiger partial charge is 0.467 e. The molecule has 0 fully saturated rings. The standard InChI is InChI=1S/C21H22N2O7/c1-13(17-5-3-10-29-17)22-18(24)12-30-21(27)14-6-7-15-16(11-14)20(26)23(19(15)25)8-4-9-28-2/h3,5-7,10-11,13H,4,8-9,12H2,1-2H3,(H,22,24)/t13-/m0/s1. The maximum Gasteiger partial charge on any atom is 0.338 e. The van der Waals surface area contributed by atoms with Gasteiger partial charge in [-0.2, -0.15) is 0 Å². The van der Waals surface area contributed by atoms with Crippen LogP contribution < -0.4 is 5.32 Å². The first-order chi connectivity index (χ1) is 14.4. The predicted octanol–water partition coefficient (Wildman–Crippen LogP) is 1.95. The molecule has 1 N–H and O–H groups in total. The summed E-state index contributed by atoms with van der Waals surface area (Å²) in [7, 11) is 1.54. The van der Waals surface area contributed by atoms with Crippen molar-refractivity contribution in [1.29, 1.82) is 0 Å². The highest BCUT2D eigenvalue weighted by molar-refractivity contribution is 6.21. The summed E-state index contributed by atoms with van der Waals surface area (Å²) >= 11 is 0. The van der Waals surface area contributed by atoms with Gasteiger partial charge in [0.25, 0.3) is 17.7 Å². The molecule has 1 aliphatic heterocycles. The van der Waals surface area contributed by atoms with Gasteiger partial charge in [-0.1, -0.05) is 0 Å². The first kappa shape index (κ1) is 21.3. The first-order valence-corrected chi connectivity index (χ1v) is 9.41. The molecule has 1 aromatic heterocycles. The van der Waals surface area contributed by atoms with Crippen LogP contribution in [-0.2, 0) is 14.3 Å². The summed E-state index contributed by atoms with van der Waals surface area (Å²) < 4.78 is 15.2. The normalized spacial score (nSPS) is 13.9. The van der Waals surface area contributed by atoms with Gasteiger partial charge in [-0.25, -0.2) is 4.79 Å². The molecule has 0 saturated heterocycles. The number of hydrogen-bond acceptors (Lipinski definition) is 7. The number of methoxy groups -OCH3 is 1. The van der Waals surface area contributed by atoms with E-state index in [0.29, 0.717) is 18.8 Å². The molecule has 0 radical (unpaired) electrons. The molecule has 1 aromatic carbocycles. The van der Waals surface area contributed by atoms with Crippen molar-refractivity contribution < 1.29 is 33.1 Å². The zero-order valence-electron chi connectivity index (χ0n) is 16.7. The molecule has 2 aromatic rings. The molecular formula is C21H22N2O7. The van der Waals surface area contributed by atoms with Crippen LogP contribution in [0.2, 0.25) is 0 Å². The van der Waals surface area contributed by atoms with Crippen molar-refractivity contribution >= 4 is 23.7 Å². The molecule has 158 valence electrons. The highest BCUT2D eigenvalue weighted by Gasteiger charge is 2.35. The van der Waals surface area contributed by atoms with E-state index in [1.807, 2.05) is 0 Å². The van der Waals surface area contributed by atoms with Crippen LogP contribution in [0.4, 0.5) is 0 Å². The second-order valence-electron chi connectivity index (χ2n) is 6.75. The minimum absolute atomic E-state index is 0.0838. The third-order valence-corrected chi connectivity index (χ3v) is 4.62. The molecule has 3 amide bonds. The highest BCUT2D eigenvalue weighted by Crippen LogP contribution is 2.24. The number of ether oxygens (including phenoxy) is 2. The van der Waals surface area contributed by atoms with E-state index in [1.165, 1.54) is 31.6 Å². The highest BCUT2D eigenvalue weighted by atomic mass is 16.5. The Hall–Kier alpha value is -3.46. The van der Waals surface area contributed by atoms with Crippen LogP contribution in [0.1, 0.15) is 56.2 Å². The lowest BCUT2D eigenvalue weighted by atomic mass is 10.1. The third-order valence-electron chi connectivity index (χ3n) is 4.62. The van der Waals surface area contributed by atoms with Crippen LogP contribution >= 0.6 is 0 Å². The molecular weight excluding hydrogens is 392 g/mol. The fourth-order valence-electron chi connectivity index (χ4n) is 3.09. The van der Waals surface area contributed by atoms with Gasteiger partial charge in [0.1, 0.15) is 5.76 Å². The summed E-state index contributed by atoms with van der Waals surface area (Å²) in [5.41, 5.74) is 0.460. The number of rotatable bonds is 9. The van der Waals surface area contributed by atoms with E-state index in [2.05, 4.69) is 5.32 Å². The molecule has 30 heavy (non-hydrogen) atoms. The Labute approximate surface area is 172 Å². The molecule has 0 saturated carbocycles. The molecule has 9 nitrogen and oxygen atoms in total. The average Bonchev–Trinajstić information content (AvgIpc) is 3.35. The van der Waals surface area contributed by atoms with E-state index < -0.39 is 30.3 Å². The van der Waals surface area contributed by atoms with Crippen LogP contribution in [0, 0.1) is 0 Å². The number of nitrogens with zero attached hydrogens (tertiary/aromatic N) is 1. The van der Waals surface area contributed by atoms with E-state index in [-0.39, 0.29) is 29.3 Å². The summed E-state index contributed by atoms with van der Waals surface area (Å²) in [5.74, 6) is -1.56. The Bertz CT molecular complexity index is 952. The number of nitrogens with one attached hydrogen (secondary N) is 1. The van der Waals surface area contributed by atoms with E-state index in [1.54, 1.807) is 19.1 Å². The summed E-state index contributed by atoms with van der Waals surface area (Å²) in [6, 6.07) is 7.18. The van der Waals surface area contributed by atoms with E-state index in [9.17, 15) is 19.2 Å². The number of furan rings is 1. The topological polar surface area (TPSA) is 115 Å². The third kappa shape index (κ3) is 4.57. The lowest BCUT2D eigenvalue weighted by molar-refractivity contribution is -0.125. The van der Waals surface area contributed by atoms with Crippen LogP contribution in [0.25, 0.3) is 0 Å². The maximum absolute atomic E-state index is 12.5. The number of carbonyl (C=O) groups is 4. The van der Waals surface area contributed by atoms with Gasteiger partial charge in [0.05, 0.1) is 29.0 Å². The fraction of sp³-hybridized carbons (Fsp3) is 0.333. The zero-order chi connectivity index (χ0) is 21.7. The molecule has 9 heteroatoms. The van der Waals surface area contributed by atoms with Gasteiger partial charge >= 0.3 is 5.97 Å². The molecule has 0 bridgehead atoms. The number of esters is 1. The number of fused-ring (bicyclic) bond motifs is 1. The Morgan fingerprint density at radius 2 is 1.93 bits per heavy atom. The molecule has 0 unspecified atom stereocenters. The monoisotopic (exact) mass is 414 g/mol. The Morgan fingerprint density at radius 1 is 1.17 bits per heavy atom. The first-order valence-electron chi connectivity index (χ1n) is 9.41. The SMILES string of the molecule is COCCCN1C(=O)c2ccc(C(=O)OCC(=O)N[C@@H](C)c3ccco3)cc2C1=O. The van der Waals surface area contributed by atoms with Gasteiger partial charge in [0.15, 0.2) is 6.61 Å². The second-order valence-corrected chi connectivity index (χ2v) is 6.75. The average molecular weight is 414 g/mol. The Morgan fingerprint density at radius 3 is 2.63 bits per heavy atom. The molecule has 1 atom stereocenters. The number of amides is 3. The van der Waals surface area contributed by atoms with E-state index in [4.69, 9.17) is 13.9 Å². The lowest BCUT2D eigenvalue weighted by Gasteiger charge is -2.12. The minimum atomic E-state index is -0.767. The smallest absolute Gasteiger partial charge is 0.338 e. The number of benzene rings is 1. The van der Waals surface area contributed by atoms with Crippen LogP contribution in [0.3, 0.4) is 0 Å². The van der Waals surface area contributed by atoms with E-state index >= 15 is 0 Å². The van der Waals surface area contributed by atoms with Gasteiger partial charge in [-0.15, -0.1) is 0 Å². The van der Waals surface area contributed by atoms with Crippen molar-refractivity contribution in [3.8, 4) is 0 Å². The van der Waals surface area contributed by atoms with Crippen molar-refractivity contribution in [3.05, 3.63) is 59.0 Å². The van der Waals surface area contributed by atoms with Crippen LogP contribution in [0.15, 0.2) is 41.0 Å².